The molecule has 0 spiro atoms. The average Bonchev–Trinajstić information content (AvgIpc) is 3.02. The predicted octanol–water partition coefficient (Wildman–Crippen LogP) is 3.95. The SMILES string of the molecule is Cc1ccc(C)c(NC(=O)[C@@H](C)OC(=O)/C=C/c2cccs2)c1. The molecule has 0 unspecified atom stereocenters. The first kappa shape index (κ1) is 17.0. The van der Waals surface area contributed by atoms with Crippen LogP contribution in [0.1, 0.15) is 22.9 Å². The molecule has 0 aliphatic rings. The minimum atomic E-state index is -0.865. The van der Waals surface area contributed by atoms with Crippen LogP contribution in [0.25, 0.3) is 6.08 Å². The highest BCUT2D eigenvalue weighted by Gasteiger charge is 2.17. The van der Waals surface area contributed by atoms with Gasteiger partial charge in [-0.3, -0.25) is 4.79 Å². The fourth-order valence-electron chi connectivity index (χ4n) is 1.91. The van der Waals surface area contributed by atoms with E-state index in [1.54, 1.807) is 13.0 Å². The molecule has 0 aliphatic carbocycles. The second-order valence-electron chi connectivity index (χ2n) is 5.24. The number of benzene rings is 1. The van der Waals surface area contributed by atoms with Crippen molar-refractivity contribution < 1.29 is 14.3 Å². The normalized spacial score (nSPS) is 12.1. The van der Waals surface area contributed by atoms with Crippen molar-refractivity contribution in [3.05, 3.63) is 57.8 Å². The van der Waals surface area contributed by atoms with Gasteiger partial charge in [-0.15, -0.1) is 11.3 Å². The lowest BCUT2D eigenvalue weighted by molar-refractivity contribution is -0.148. The summed E-state index contributed by atoms with van der Waals surface area (Å²) in [5, 5.41) is 4.71. The Balaban J connectivity index is 1.92. The van der Waals surface area contributed by atoms with Crippen LogP contribution in [-0.2, 0) is 14.3 Å². The Morgan fingerprint density at radius 1 is 1.26 bits per heavy atom. The largest absolute Gasteiger partial charge is 0.449 e. The molecule has 0 saturated heterocycles. The maximum Gasteiger partial charge on any atom is 0.331 e. The van der Waals surface area contributed by atoms with E-state index in [2.05, 4.69) is 5.32 Å². The van der Waals surface area contributed by atoms with Crippen molar-refractivity contribution in [3.63, 3.8) is 0 Å². The number of esters is 1. The number of aryl methyl sites for hydroxylation is 2. The van der Waals surface area contributed by atoms with Crippen LogP contribution in [0, 0.1) is 13.8 Å². The summed E-state index contributed by atoms with van der Waals surface area (Å²) in [5.41, 5.74) is 2.74. The zero-order valence-electron chi connectivity index (χ0n) is 13.3. The summed E-state index contributed by atoms with van der Waals surface area (Å²) in [5.74, 6) is -0.890. The highest BCUT2D eigenvalue weighted by Crippen LogP contribution is 2.17. The minimum absolute atomic E-state index is 0.350. The number of anilines is 1. The quantitative estimate of drug-likeness (QED) is 0.667. The lowest BCUT2D eigenvalue weighted by atomic mass is 10.1. The summed E-state index contributed by atoms with van der Waals surface area (Å²) >= 11 is 1.52. The number of hydrogen-bond donors (Lipinski definition) is 1. The Morgan fingerprint density at radius 2 is 2.04 bits per heavy atom. The summed E-state index contributed by atoms with van der Waals surface area (Å²) in [6, 6.07) is 9.59. The molecule has 0 radical (unpaired) electrons. The van der Waals surface area contributed by atoms with Gasteiger partial charge in [0.1, 0.15) is 0 Å². The number of ether oxygens (including phenoxy) is 1. The minimum Gasteiger partial charge on any atom is -0.449 e. The molecular formula is C18H19NO3S. The Kier molecular flexibility index (Phi) is 5.71. The Hall–Kier alpha value is -2.40. The number of hydrogen-bond acceptors (Lipinski definition) is 4. The van der Waals surface area contributed by atoms with E-state index >= 15 is 0 Å². The maximum absolute atomic E-state index is 12.1. The van der Waals surface area contributed by atoms with Gasteiger partial charge in [0.15, 0.2) is 6.10 Å². The Morgan fingerprint density at radius 3 is 2.74 bits per heavy atom. The van der Waals surface area contributed by atoms with Gasteiger partial charge >= 0.3 is 5.97 Å². The Bertz CT molecular complexity index is 720. The molecule has 1 amide bonds. The van der Waals surface area contributed by atoms with E-state index in [1.807, 2.05) is 49.6 Å². The molecule has 1 heterocycles. The van der Waals surface area contributed by atoms with Crippen molar-refractivity contribution in [2.24, 2.45) is 0 Å². The first-order valence-electron chi connectivity index (χ1n) is 7.26. The molecule has 5 heteroatoms. The molecule has 0 aliphatic heterocycles. The van der Waals surface area contributed by atoms with E-state index in [0.29, 0.717) is 0 Å². The second-order valence-corrected chi connectivity index (χ2v) is 6.21. The fraction of sp³-hybridized carbons (Fsp3) is 0.222. The average molecular weight is 329 g/mol. The van der Waals surface area contributed by atoms with Crippen molar-refractivity contribution in [3.8, 4) is 0 Å². The molecule has 23 heavy (non-hydrogen) atoms. The lowest BCUT2D eigenvalue weighted by Crippen LogP contribution is -2.29. The van der Waals surface area contributed by atoms with Gasteiger partial charge in [0.05, 0.1) is 0 Å². The van der Waals surface area contributed by atoms with E-state index in [4.69, 9.17) is 4.74 Å². The molecule has 1 atom stereocenters. The maximum atomic E-state index is 12.1. The molecule has 1 aromatic carbocycles. The van der Waals surface area contributed by atoms with Gasteiger partial charge in [-0.2, -0.15) is 0 Å². The number of rotatable bonds is 5. The van der Waals surface area contributed by atoms with E-state index in [-0.39, 0.29) is 5.91 Å². The van der Waals surface area contributed by atoms with Gasteiger partial charge in [-0.25, -0.2) is 4.79 Å². The van der Waals surface area contributed by atoms with E-state index in [9.17, 15) is 9.59 Å². The van der Waals surface area contributed by atoms with Crippen LogP contribution in [0.5, 0.6) is 0 Å². The molecule has 0 saturated carbocycles. The molecule has 4 nitrogen and oxygen atoms in total. The lowest BCUT2D eigenvalue weighted by Gasteiger charge is -2.14. The summed E-state index contributed by atoms with van der Waals surface area (Å²) < 4.78 is 5.12. The van der Waals surface area contributed by atoms with E-state index in [0.717, 1.165) is 21.7 Å². The van der Waals surface area contributed by atoms with Crippen LogP contribution >= 0.6 is 11.3 Å². The van der Waals surface area contributed by atoms with E-state index in [1.165, 1.54) is 17.4 Å². The zero-order chi connectivity index (χ0) is 16.8. The first-order valence-corrected chi connectivity index (χ1v) is 8.14. The van der Waals surface area contributed by atoms with Crippen molar-refractivity contribution in [2.45, 2.75) is 26.9 Å². The van der Waals surface area contributed by atoms with Crippen molar-refractivity contribution >= 4 is 35.0 Å². The smallest absolute Gasteiger partial charge is 0.331 e. The van der Waals surface area contributed by atoms with Gasteiger partial charge in [-0.1, -0.05) is 18.2 Å². The molecule has 120 valence electrons. The standard InChI is InChI=1S/C18H19NO3S/c1-12-6-7-13(2)16(11-12)19-18(21)14(3)22-17(20)9-8-15-5-4-10-23-15/h4-11,14H,1-3H3,(H,19,21)/b9-8+/t14-/m1/s1. The van der Waals surface area contributed by atoms with Crippen LogP contribution in [0.15, 0.2) is 41.8 Å². The summed E-state index contributed by atoms with van der Waals surface area (Å²) in [6.07, 6.45) is 2.13. The number of thiophene rings is 1. The monoisotopic (exact) mass is 329 g/mol. The van der Waals surface area contributed by atoms with E-state index < -0.39 is 12.1 Å². The van der Waals surface area contributed by atoms with Crippen molar-refractivity contribution in [2.75, 3.05) is 5.32 Å². The number of nitrogens with one attached hydrogen (secondary N) is 1. The van der Waals surface area contributed by atoms with Crippen LogP contribution < -0.4 is 5.32 Å². The topological polar surface area (TPSA) is 55.4 Å². The van der Waals surface area contributed by atoms with Crippen LogP contribution in [0.4, 0.5) is 5.69 Å². The summed E-state index contributed by atoms with van der Waals surface area (Å²) in [7, 11) is 0. The summed E-state index contributed by atoms with van der Waals surface area (Å²) in [4.78, 5) is 24.8. The molecule has 2 rings (SSSR count). The third-order valence-corrected chi connectivity index (χ3v) is 4.08. The van der Waals surface area contributed by atoms with Gasteiger partial charge in [0, 0.05) is 16.6 Å². The number of carbonyl (C=O) groups is 2. The second kappa shape index (κ2) is 7.74. The fourth-order valence-corrected chi connectivity index (χ4v) is 2.53. The molecule has 2 aromatic rings. The predicted molar refractivity (Wildman–Crippen MR) is 93.5 cm³/mol. The highest BCUT2D eigenvalue weighted by atomic mass is 32.1. The van der Waals surface area contributed by atoms with Gasteiger partial charge in [-0.05, 0) is 55.5 Å². The Labute approximate surface area is 139 Å². The van der Waals surface area contributed by atoms with Gasteiger partial charge in [0.25, 0.3) is 5.91 Å². The third-order valence-electron chi connectivity index (χ3n) is 3.24. The molecule has 0 fully saturated rings. The van der Waals surface area contributed by atoms with Gasteiger partial charge in [0.2, 0.25) is 0 Å². The summed E-state index contributed by atoms with van der Waals surface area (Å²) in [6.45, 7) is 5.42. The van der Waals surface area contributed by atoms with Crippen LogP contribution in [0.2, 0.25) is 0 Å². The molecule has 0 bridgehead atoms. The third kappa shape index (κ3) is 5.07. The van der Waals surface area contributed by atoms with Crippen LogP contribution in [0.3, 0.4) is 0 Å². The van der Waals surface area contributed by atoms with Crippen molar-refractivity contribution in [1.82, 2.24) is 0 Å². The number of amides is 1. The molecule has 1 aromatic heterocycles. The van der Waals surface area contributed by atoms with Gasteiger partial charge < -0.3 is 10.1 Å². The first-order chi connectivity index (χ1) is 11.0. The van der Waals surface area contributed by atoms with Crippen LogP contribution in [-0.4, -0.2) is 18.0 Å². The highest BCUT2D eigenvalue weighted by molar-refractivity contribution is 7.10. The molecular weight excluding hydrogens is 310 g/mol. The number of carbonyl (C=O) groups excluding carboxylic acids is 2. The molecule has 1 N–H and O–H groups in total. The van der Waals surface area contributed by atoms with Crippen molar-refractivity contribution in [1.29, 1.82) is 0 Å². The zero-order valence-corrected chi connectivity index (χ0v) is 14.1.